The van der Waals surface area contributed by atoms with Crippen LogP contribution >= 0.6 is 11.8 Å². The van der Waals surface area contributed by atoms with E-state index < -0.39 is 0 Å². The summed E-state index contributed by atoms with van der Waals surface area (Å²) in [4.78, 5) is 15.0. The maximum absolute atomic E-state index is 12.6. The van der Waals surface area contributed by atoms with Crippen molar-refractivity contribution in [1.29, 1.82) is 0 Å². The van der Waals surface area contributed by atoms with Gasteiger partial charge in [-0.15, -0.1) is 10.2 Å². The van der Waals surface area contributed by atoms with Crippen molar-refractivity contribution in [1.82, 2.24) is 14.8 Å². The summed E-state index contributed by atoms with van der Waals surface area (Å²) in [6.45, 7) is 6.15. The number of nitrogens with one attached hydrogen (secondary N) is 1. The van der Waals surface area contributed by atoms with Crippen LogP contribution in [0.2, 0.25) is 0 Å². The highest BCUT2D eigenvalue weighted by atomic mass is 32.2. The molecule has 2 fully saturated rings. The summed E-state index contributed by atoms with van der Waals surface area (Å²) >= 11 is 1.48. The molecule has 6 nitrogen and oxygen atoms in total. The number of carbonyl (C=O) groups excluding carboxylic acids is 1. The van der Waals surface area contributed by atoms with Crippen LogP contribution in [0.25, 0.3) is 0 Å². The standard InChI is InChI=1S/C20H27N5OS/c1-14(27-20-23-22-15(2)25(20)18-10-11-18)19(26)21-16-6-8-17(9-7-16)24-12-4-3-5-13-24/h6-9,14,18H,3-5,10-13H2,1-2H3,(H,21,26). The van der Waals surface area contributed by atoms with Gasteiger partial charge in [0, 0.05) is 30.5 Å². The molecule has 0 spiro atoms. The van der Waals surface area contributed by atoms with E-state index >= 15 is 0 Å². The minimum absolute atomic E-state index is 0.00581. The van der Waals surface area contributed by atoms with Gasteiger partial charge in [0.1, 0.15) is 5.82 Å². The quantitative estimate of drug-likeness (QED) is 0.761. The summed E-state index contributed by atoms with van der Waals surface area (Å²) in [5, 5.41) is 12.1. The molecule has 0 bridgehead atoms. The third kappa shape index (κ3) is 4.29. The zero-order valence-corrected chi connectivity index (χ0v) is 16.8. The topological polar surface area (TPSA) is 63.1 Å². The Morgan fingerprint density at radius 3 is 2.52 bits per heavy atom. The van der Waals surface area contributed by atoms with E-state index in [1.165, 1.54) is 49.6 Å². The lowest BCUT2D eigenvalue weighted by molar-refractivity contribution is -0.115. The Balaban J connectivity index is 1.35. The molecule has 27 heavy (non-hydrogen) atoms. The maximum atomic E-state index is 12.6. The summed E-state index contributed by atoms with van der Waals surface area (Å²) in [5.74, 6) is 0.926. The van der Waals surface area contributed by atoms with Crippen LogP contribution in [0.3, 0.4) is 0 Å². The van der Waals surface area contributed by atoms with Gasteiger partial charge in [0.05, 0.1) is 5.25 Å². The fourth-order valence-electron chi connectivity index (χ4n) is 3.55. The first-order valence-corrected chi connectivity index (χ1v) is 10.7. The highest BCUT2D eigenvalue weighted by molar-refractivity contribution is 8.00. The lowest BCUT2D eigenvalue weighted by Gasteiger charge is -2.28. The molecule has 1 unspecified atom stereocenters. The molecule has 1 saturated heterocycles. The van der Waals surface area contributed by atoms with Crippen LogP contribution in [0, 0.1) is 6.92 Å². The third-order valence-electron chi connectivity index (χ3n) is 5.25. The number of piperidine rings is 1. The molecule has 2 heterocycles. The van der Waals surface area contributed by atoms with E-state index in [9.17, 15) is 4.79 Å². The summed E-state index contributed by atoms with van der Waals surface area (Å²) in [6, 6.07) is 8.71. The first-order valence-electron chi connectivity index (χ1n) is 9.86. The van der Waals surface area contributed by atoms with Crippen LogP contribution < -0.4 is 10.2 Å². The van der Waals surface area contributed by atoms with Gasteiger partial charge < -0.3 is 14.8 Å². The Hall–Kier alpha value is -2.02. The van der Waals surface area contributed by atoms with E-state index in [0.29, 0.717) is 6.04 Å². The van der Waals surface area contributed by atoms with Crippen molar-refractivity contribution in [2.45, 2.75) is 62.4 Å². The fourth-order valence-corrected chi connectivity index (χ4v) is 4.51. The second-order valence-corrected chi connectivity index (χ2v) is 8.78. The summed E-state index contributed by atoms with van der Waals surface area (Å²) < 4.78 is 2.17. The van der Waals surface area contributed by atoms with E-state index in [0.717, 1.165) is 29.8 Å². The lowest BCUT2D eigenvalue weighted by atomic mass is 10.1. The Morgan fingerprint density at radius 2 is 1.85 bits per heavy atom. The molecular formula is C20H27N5OS. The van der Waals surface area contributed by atoms with Crippen LogP contribution in [0.1, 0.15) is 50.9 Å². The number of benzene rings is 1. The number of anilines is 2. The monoisotopic (exact) mass is 385 g/mol. The first kappa shape index (κ1) is 18.3. The molecule has 2 aromatic rings. The first-order chi connectivity index (χ1) is 13.1. The minimum atomic E-state index is -0.229. The summed E-state index contributed by atoms with van der Waals surface area (Å²) in [6.07, 6.45) is 6.21. The number of aryl methyl sites for hydroxylation is 1. The Morgan fingerprint density at radius 1 is 1.15 bits per heavy atom. The van der Waals surface area contributed by atoms with Crippen LogP contribution in [-0.2, 0) is 4.79 Å². The smallest absolute Gasteiger partial charge is 0.237 e. The van der Waals surface area contributed by atoms with Crippen molar-refractivity contribution in [3.8, 4) is 0 Å². The molecule has 7 heteroatoms. The molecule has 1 aromatic heterocycles. The summed E-state index contributed by atoms with van der Waals surface area (Å²) in [5.41, 5.74) is 2.08. The van der Waals surface area contributed by atoms with E-state index in [4.69, 9.17) is 0 Å². The second kappa shape index (κ2) is 7.92. The molecule has 1 aliphatic heterocycles. The normalized spacial score (nSPS) is 18.4. The predicted molar refractivity (Wildman–Crippen MR) is 109 cm³/mol. The number of carbonyl (C=O) groups is 1. The van der Waals surface area contributed by atoms with Crippen LogP contribution in [0.4, 0.5) is 11.4 Å². The molecule has 1 saturated carbocycles. The maximum Gasteiger partial charge on any atom is 0.237 e. The highest BCUT2D eigenvalue weighted by Crippen LogP contribution is 2.39. The molecule has 0 radical (unpaired) electrons. The Labute approximate surface area is 164 Å². The van der Waals surface area contributed by atoms with Gasteiger partial charge in [-0.1, -0.05) is 11.8 Å². The fraction of sp³-hybridized carbons (Fsp3) is 0.550. The zero-order chi connectivity index (χ0) is 18.8. The molecule has 1 N–H and O–H groups in total. The van der Waals surface area contributed by atoms with E-state index in [-0.39, 0.29) is 11.2 Å². The van der Waals surface area contributed by atoms with E-state index in [1.807, 2.05) is 26.0 Å². The average molecular weight is 386 g/mol. The predicted octanol–water partition coefficient (Wildman–Crippen LogP) is 4.03. The number of thioether (sulfide) groups is 1. The van der Waals surface area contributed by atoms with Crippen LogP contribution in [0.5, 0.6) is 0 Å². The number of amides is 1. The van der Waals surface area contributed by atoms with Crippen molar-refractivity contribution in [2.24, 2.45) is 0 Å². The largest absolute Gasteiger partial charge is 0.372 e. The molecule has 1 atom stereocenters. The van der Waals surface area contributed by atoms with Gasteiger partial charge in [-0.25, -0.2) is 0 Å². The molecule has 144 valence electrons. The van der Waals surface area contributed by atoms with E-state index in [1.54, 1.807) is 0 Å². The third-order valence-corrected chi connectivity index (χ3v) is 6.31. The van der Waals surface area contributed by atoms with Gasteiger partial charge in [0.2, 0.25) is 5.91 Å². The van der Waals surface area contributed by atoms with Gasteiger partial charge in [-0.05, 0) is 70.2 Å². The number of rotatable bonds is 6. The van der Waals surface area contributed by atoms with Crippen molar-refractivity contribution in [2.75, 3.05) is 23.3 Å². The number of hydrogen-bond donors (Lipinski definition) is 1. The number of nitrogens with zero attached hydrogens (tertiary/aromatic N) is 4. The highest BCUT2D eigenvalue weighted by Gasteiger charge is 2.29. The van der Waals surface area contributed by atoms with Gasteiger partial charge >= 0.3 is 0 Å². The van der Waals surface area contributed by atoms with Crippen LogP contribution in [0.15, 0.2) is 29.4 Å². The van der Waals surface area contributed by atoms with Crippen molar-refractivity contribution in [3.63, 3.8) is 0 Å². The molecule has 1 aliphatic carbocycles. The number of aromatic nitrogens is 3. The average Bonchev–Trinajstić information content (AvgIpc) is 3.46. The van der Waals surface area contributed by atoms with Crippen LogP contribution in [-0.4, -0.2) is 39.0 Å². The van der Waals surface area contributed by atoms with Crippen molar-refractivity contribution in [3.05, 3.63) is 30.1 Å². The Bertz CT molecular complexity index is 793. The Kier molecular flexibility index (Phi) is 5.38. The molecule has 1 amide bonds. The molecule has 4 rings (SSSR count). The minimum Gasteiger partial charge on any atom is -0.372 e. The zero-order valence-electron chi connectivity index (χ0n) is 16.0. The van der Waals surface area contributed by atoms with E-state index in [2.05, 4.69) is 37.1 Å². The van der Waals surface area contributed by atoms with Crippen molar-refractivity contribution < 1.29 is 4.79 Å². The van der Waals surface area contributed by atoms with Gasteiger partial charge in [0.25, 0.3) is 0 Å². The number of hydrogen-bond acceptors (Lipinski definition) is 5. The lowest BCUT2D eigenvalue weighted by Crippen LogP contribution is -2.29. The molecule has 2 aliphatic rings. The van der Waals surface area contributed by atoms with Gasteiger partial charge in [-0.2, -0.15) is 0 Å². The molecular weight excluding hydrogens is 358 g/mol. The SMILES string of the molecule is Cc1nnc(SC(C)C(=O)Nc2ccc(N3CCCCC3)cc2)n1C1CC1. The van der Waals surface area contributed by atoms with Gasteiger partial charge in [-0.3, -0.25) is 4.79 Å². The summed E-state index contributed by atoms with van der Waals surface area (Å²) in [7, 11) is 0. The molecule has 1 aromatic carbocycles. The van der Waals surface area contributed by atoms with Gasteiger partial charge in [0.15, 0.2) is 5.16 Å². The second-order valence-electron chi connectivity index (χ2n) is 7.47. The van der Waals surface area contributed by atoms with Crippen molar-refractivity contribution >= 4 is 29.0 Å².